The van der Waals surface area contributed by atoms with E-state index in [1.165, 1.54) is 55.5 Å². The normalized spacial score (nSPS) is 15.9. The van der Waals surface area contributed by atoms with Gasteiger partial charge in [0.25, 0.3) is 5.91 Å². The van der Waals surface area contributed by atoms with Crippen molar-refractivity contribution in [3.8, 4) is 5.75 Å². The number of hydrogen-bond donors (Lipinski definition) is 1. The van der Waals surface area contributed by atoms with Crippen molar-refractivity contribution in [2.24, 2.45) is 0 Å². The Kier molecular flexibility index (Phi) is 6.36. The molecule has 9 heteroatoms. The number of ether oxygens (including phenoxy) is 2. The molecule has 1 aliphatic rings. The van der Waals surface area contributed by atoms with Crippen LogP contribution in [0.25, 0.3) is 0 Å². The van der Waals surface area contributed by atoms with Crippen LogP contribution in [0.5, 0.6) is 5.75 Å². The van der Waals surface area contributed by atoms with Gasteiger partial charge in [0.05, 0.1) is 24.7 Å². The summed E-state index contributed by atoms with van der Waals surface area (Å²) >= 11 is 0. The Morgan fingerprint density at radius 2 is 1.51 bits per heavy atom. The molecule has 0 saturated carbocycles. The maximum atomic E-state index is 13.7. The zero-order chi connectivity index (χ0) is 25.3. The third-order valence-corrected chi connectivity index (χ3v) is 7.67. The minimum absolute atomic E-state index is 0.0507. The zero-order valence-corrected chi connectivity index (χ0v) is 20.1. The number of carbonyl (C=O) groups is 2. The number of esters is 1. The van der Waals surface area contributed by atoms with Crippen LogP contribution >= 0.6 is 0 Å². The number of carbonyl (C=O) groups excluding carboxylic acids is 2. The Balaban J connectivity index is 1.90. The maximum absolute atomic E-state index is 13.7. The van der Waals surface area contributed by atoms with Crippen LogP contribution in [0.15, 0.2) is 88.4 Å². The first-order chi connectivity index (χ1) is 16.7. The number of aliphatic hydroxyl groups is 1. The van der Waals surface area contributed by atoms with Gasteiger partial charge in [-0.3, -0.25) is 9.69 Å². The summed E-state index contributed by atoms with van der Waals surface area (Å²) < 4.78 is 37.3. The van der Waals surface area contributed by atoms with Crippen LogP contribution in [-0.2, 0) is 19.4 Å². The van der Waals surface area contributed by atoms with Crippen LogP contribution in [0, 0.1) is 6.92 Å². The van der Waals surface area contributed by atoms with Gasteiger partial charge in [-0.2, -0.15) is 0 Å². The number of amides is 1. The summed E-state index contributed by atoms with van der Waals surface area (Å²) in [4.78, 5) is 25.9. The highest BCUT2D eigenvalue weighted by Gasteiger charge is 2.47. The lowest BCUT2D eigenvalue weighted by atomic mass is 10.0. The minimum Gasteiger partial charge on any atom is -0.502 e. The Hall–Kier alpha value is -4.11. The molecule has 0 saturated heterocycles. The molecule has 0 fully saturated rings. The molecule has 1 atom stereocenters. The van der Waals surface area contributed by atoms with Crippen molar-refractivity contribution < 1.29 is 32.6 Å². The highest BCUT2D eigenvalue weighted by Crippen LogP contribution is 2.45. The second-order valence-electron chi connectivity index (χ2n) is 7.92. The summed E-state index contributed by atoms with van der Waals surface area (Å²) in [5.74, 6) is -1.73. The van der Waals surface area contributed by atoms with Crippen LogP contribution < -0.4 is 9.64 Å². The van der Waals surface area contributed by atoms with Crippen LogP contribution in [0.1, 0.15) is 27.5 Å². The van der Waals surface area contributed by atoms with Crippen LogP contribution in [0.3, 0.4) is 0 Å². The average molecular weight is 494 g/mol. The molecule has 1 amide bonds. The molecule has 0 spiro atoms. The monoisotopic (exact) mass is 493 g/mol. The molecule has 8 nitrogen and oxygen atoms in total. The van der Waals surface area contributed by atoms with E-state index < -0.39 is 38.4 Å². The second-order valence-corrected chi connectivity index (χ2v) is 9.84. The van der Waals surface area contributed by atoms with E-state index in [0.29, 0.717) is 17.0 Å². The molecule has 4 rings (SSSR count). The Bertz CT molecular complexity index is 1410. The third kappa shape index (κ3) is 4.26. The number of rotatable bonds is 6. The summed E-state index contributed by atoms with van der Waals surface area (Å²) in [6, 6.07) is 17.4. The predicted molar refractivity (Wildman–Crippen MR) is 129 cm³/mol. The van der Waals surface area contributed by atoms with E-state index in [2.05, 4.69) is 0 Å². The molecule has 1 aliphatic heterocycles. The number of sulfone groups is 1. The molecule has 0 bridgehead atoms. The van der Waals surface area contributed by atoms with E-state index in [-0.39, 0.29) is 10.5 Å². The Morgan fingerprint density at radius 1 is 0.914 bits per heavy atom. The third-order valence-electron chi connectivity index (χ3n) is 5.78. The minimum atomic E-state index is -4.27. The summed E-state index contributed by atoms with van der Waals surface area (Å²) in [5, 5.41) is 10.9. The molecule has 3 aromatic carbocycles. The van der Waals surface area contributed by atoms with Gasteiger partial charge < -0.3 is 14.6 Å². The summed E-state index contributed by atoms with van der Waals surface area (Å²) in [7, 11) is -1.51. The molecule has 180 valence electrons. The van der Waals surface area contributed by atoms with Gasteiger partial charge in [-0.25, -0.2) is 13.2 Å². The van der Waals surface area contributed by atoms with Crippen molar-refractivity contribution in [1.82, 2.24) is 0 Å². The number of nitrogens with zero attached hydrogens (tertiary/aromatic N) is 1. The SMILES string of the molecule is COC(=O)c1ccc([C@@H]2C(S(=O)(=O)c3ccc(C)cc3)=C(O)C(=O)N2c2ccc(OC)cc2)cc1. The van der Waals surface area contributed by atoms with E-state index in [1.807, 2.05) is 6.92 Å². The average Bonchev–Trinajstić information content (AvgIpc) is 3.14. The molecule has 0 unspecified atom stereocenters. The molecule has 0 aromatic heterocycles. The van der Waals surface area contributed by atoms with Crippen LogP contribution in [0.4, 0.5) is 5.69 Å². The number of hydrogen-bond acceptors (Lipinski definition) is 7. The number of aliphatic hydroxyl groups excluding tert-OH is 1. The van der Waals surface area contributed by atoms with Gasteiger partial charge in [0, 0.05) is 5.69 Å². The lowest BCUT2D eigenvalue weighted by Gasteiger charge is -2.27. The topological polar surface area (TPSA) is 110 Å². The van der Waals surface area contributed by atoms with Crippen molar-refractivity contribution in [1.29, 1.82) is 0 Å². The molecular formula is C26H23NO7S. The fourth-order valence-corrected chi connectivity index (χ4v) is 5.56. The van der Waals surface area contributed by atoms with Crippen LogP contribution in [0.2, 0.25) is 0 Å². The number of aryl methyl sites for hydroxylation is 1. The smallest absolute Gasteiger partial charge is 0.337 e. The lowest BCUT2D eigenvalue weighted by molar-refractivity contribution is -0.117. The number of methoxy groups -OCH3 is 2. The maximum Gasteiger partial charge on any atom is 0.337 e. The summed E-state index contributed by atoms with van der Waals surface area (Å²) in [5.41, 5.74) is 1.86. The largest absolute Gasteiger partial charge is 0.502 e. The molecule has 1 heterocycles. The molecule has 3 aromatic rings. The van der Waals surface area contributed by atoms with Gasteiger partial charge in [-0.05, 0) is 61.0 Å². The van der Waals surface area contributed by atoms with Crippen molar-refractivity contribution in [2.45, 2.75) is 17.9 Å². The standard InChI is InChI=1S/C26H23NO7S/c1-16-4-14-21(15-5-16)35(31,32)24-22(17-6-8-18(9-7-17)26(30)34-3)27(25(29)23(24)28)19-10-12-20(33-2)13-11-19/h4-15,22,28H,1-3H3/t22-/m1/s1. The molecule has 0 radical (unpaired) electrons. The number of anilines is 1. The highest BCUT2D eigenvalue weighted by atomic mass is 32.2. The van der Waals surface area contributed by atoms with Crippen molar-refractivity contribution in [2.75, 3.05) is 19.1 Å². The van der Waals surface area contributed by atoms with Gasteiger partial charge in [0.2, 0.25) is 9.84 Å². The molecule has 35 heavy (non-hydrogen) atoms. The van der Waals surface area contributed by atoms with E-state index in [1.54, 1.807) is 36.4 Å². The van der Waals surface area contributed by atoms with Gasteiger partial charge in [-0.1, -0.05) is 29.8 Å². The zero-order valence-electron chi connectivity index (χ0n) is 19.3. The highest BCUT2D eigenvalue weighted by molar-refractivity contribution is 7.95. The fraction of sp³-hybridized carbons (Fsp3) is 0.154. The van der Waals surface area contributed by atoms with E-state index in [9.17, 15) is 23.1 Å². The second kappa shape index (κ2) is 9.27. The summed E-state index contributed by atoms with van der Waals surface area (Å²) in [6.45, 7) is 1.82. The van der Waals surface area contributed by atoms with Crippen molar-refractivity contribution >= 4 is 27.4 Å². The van der Waals surface area contributed by atoms with Gasteiger partial charge in [-0.15, -0.1) is 0 Å². The molecule has 1 N–H and O–H groups in total. The number of benzene rings is 3. The van der Waals surface area contributed by atoms with E-state index >= 15 is 0 Å². The molecular weight excluding hydrogens is 470 g/mol. The quantitative estimate of drug-likeness (QED) is 0.514. The predicted octanol–water partition coefficient (Wildman–Crippen LogP) is 4.12. The molecule has 0 aliphatic carbocycles. The Morgan fingerprint density at radius 3 is 2.06 bits per heavy atom. The van der Waals surface area contributed by atoms with Gasteiger partial charge in [0.1, 0.15) is 16.7 Å². The lowest BCUT2D eigenvalue weighted by Crippen LogP contribution is -2.31. The van der Waals surface area contributed by atoms with Crippen molar-refractivity contribution in [3.63, 3.8) is 0 Å². The van der Waals surface area contributed by atoms with Crippen molar-refractivity contribution in [3.05, 3.63) is 100 Å². The van der Waals surface area contributed by atoms with E-state index in [0.717, 1.165) is 5.56 Å². The first kappa shape index (κ1) is 24.0. The fourth-order valence-electron chi connectivity index (χ4n) is 3.93. The van der Waals surface area contributed by atoms with Gasteiger partial charge in [0.15, 0.2) is 5.76 Å². The summed E-state index contributed by atoms with van der Waals surface area (Å²) in [6.07, 6.45) is 0. The van der Waals surface area contributed by atoms with Crippen LogP contribution in [-0.4, -0.2) is 39.6 Å². The van der Waals surface area contributed by atoms with E-state index in [4.69, 9.17) is 9.47 Å². The first-order valence-corrected chi connectivity index (χ1v) is 12.1. The van der Waals surface area contributed by atoms with Gasteiger partial charge >= 0.3 is 5.97 Å². The first-order valence-electron chi connectivity index (χ1n) is 10.6. The Labute approximate surface area is 202 Å².